The third-order valence-electron chi connectivity index (χ3n) is 3.91. The lowest BCUT2D eigenvalue weighted by molar-refractivity contribution is -0.0128. The third kappa shape index (κ3) is 5.26. The minimum Gasteiger partial charge on any atom is -0.316 e. The lowest BCUT2D eigenvalue weighted by atomic mass is 10.0. The van der Waals surface area contributed by atoms with Crippen molar-refractivity contribution in [2.24, 2.45) is 0 Å². The molecule has 0 amide bonds. The van der Waals surface area contributed by atoms with Gasteiger partial charge >= 0.3 is 0 Å². The Kier molecular flexibility index (Phi) is 6.01. The van der Waals surface area contributed by atoms with Crippen molar-refractivity contribution < 1.29 is 5.21 Å². The first-order valence-electron chi connectivity index (χ1n) is 8.55. The molecule has 27 heavy (non-hydrogen) atoms. The number of pyridine rings is 1. The Morgan fingerprint density at radius 1 is 1.15 bits per heavy atom. The summed E-state index contributed by atoms with van der Waals surface area (Å²) in [5.41, 5.74) is 5.22. The molecule has 0 aliphatic carbocycles. The molecule has 6 heteroatoms. The molecule has 0 aliphatic heterocycles. The van der Waals surface area contributed by atoms with Crippen molar-refractivity contribution in [3.05, 3.63) is 77.5 Å². The van der Waals surface area contributed by atoms with Crippen LogP contribution in [0.15, 0.2) is 66.2 Å². The molecular weight excluding hydrogens is 356 g/mol. The van der Waals surface area contributed by atoms with Gasteiger partial charge in [0.1, 0.15) is 5.82 Å². The maximum absolute atomic E-state index is 9.11. The highest BCUT2D eigenvalue weighted by atomic mass is 32.1. The molecule has 0 radical (unpaired) electrons. The fraction of sp³-hybridized carbons (Fsp3) is 0.143. The van der Waals surface area contributed by atoms with Gasteiger partial charge < -0.3 is 5.32 Å². The molecule has 1 aromatic carbocycles. The van der Waals surface area contributed by atoms with Gasteiger partial charge in [0.25, 0.3) is 0 Å². The fourth-order valence-corrected chi connectivity index (χ4v) is 3.22. The summed E-state index contributed by atoms with van der Waals surface area (Å²) in [6.45, 7) is 4.00. The van der Waals surface area contributed by atoms with Crippen molar-refractivity contribution in [3.8, 4) is 11.3 Å². The second-order valence-corrected chi connectivity index (χ2v) is 7.03. The van der Waals surface area contributed by atoms with Crippen molar-refractivity contribution in [2.45, 2.75) is 13.8 Å². The SMILES string of the molecule is CC(=CC=CN(C)O)c1ccc(-c2csc(Nc3cccc(C)n3)n2)cc1. The number of hydrogen-bond donors (Lipinski definition) is 2. The summed E-state index contributed by atoms with van der Waals surface area (Å²) in [5, 5.41) is 16.2. The van der Waals surface area contributed by atoms with Gasteiger partial charge in [-0.3, -0.25) is 10.3 Å². The molecule has 3 rings (SSSR count). The lowest BCUT2D eigenvalue weighted by Gasteiger charge is -2.04. The van der Waals surface area contributed by atoms with E-state index in [9.17, 15) is 0 Å². The van der Waals surface area contributed by atoms with E-state index in [1.165, 1.54) is 0 Å². The van der Waals surface area contributed by atoms with Crippen LogP contribution < -0.4 is 5.32 Å². The Morgan fingerprint density at radius 2 is 1.93 bits per heavy atom. The number of nitrogens with zero attached hydrogens (tertiary/aromatic N) is 3. The number of anilines is 2. The number of aromatic nitrogens is 2. The first-order chi connectivity index (χ1) is 13.0. The van der Waals surface area contributed by atoms with Gasteiger partial charge in [0.2, 0.25) is 0 Å². The molecule has 0 unspecified atom stereocenters. The maximum Gasteiger partial charge on any atom is 0.188 e. The summed E-state index contributed by atoms with van der Waals surface area (Å²) in [4.78, 5) is 9.10. The number of thiazole rings is 1. The zero-order valence-electron chi connectivity index (χ0n) is 15.5. The summed E-state index contributed by atoms with van der Waals surface area (Å²) < 4.78 is 0. The zero-order chi connectivity index (χ0) is 19.2. The van der Waals surface area contributed by atoms with Gasteiger partial charge in [0.05, 0.1) is 5.69 Å². The summed E-state index contributed by atoms with van der Waals surface area (Å²) in [5.74, 6) is 0.800. The lowest BCUT2D eigenvalue weighted by Crippen LogP contribution is -2.00. The first-order valence-corrected chi connectivity index (χ1v) is 9.43. The highest BCUT2D eigenvalue weighted by molar-refractivity contribution is 7.14. The van der Waals surface area contributed by atoms with E-state index in [1.807, 2.05) is 43.5 Å². The Bertz CT molecular complexity index is 958. The third-order valence-corrected chi connectivity index (χ3v) is 4.67. The average molecular weight is 379 g/mol. The van der Waals surface area contributed by atoms with E-state index in [1.54, 1.807) is 30.7 Å². The molecule has 2 aromatic heterocycles. The molecule has 0 atom stereocenters. The number of benzene rings is 1. The van der Waals surface area contributed by atoms with Gasteiger partial charge in [-0.15, -0.1) is 11.3 Å². The van der Waals surface area contributed by atoms with Crippen LogP contribution in [-0.2, 0) is 0 Å². The highest BCUT2D eigenvalue weighted by Gasteiger charge is 2.06. The van der Waals surface area contributed by atoms with Crippen molar-refractivity contribution in [3.63, 3.8) is 0 Å². The molecule has 3 aromatic rings. The highest BCUT2D eigenvalue weighted by Crippen LogP contribution is 2.27. The van der Waals surface area contributed by atoms with E-state index in [-0.39, 0.29) is 0 Å². The normalized spacial score (nSPS) is 11.8. The van der Waals surface area contributed by atoms with Gasteiger partial charge in [-0.2, -0.15) is 0 Å². The quantitative estimate of drug-likeness (QED) is 0.438. The van der Waals surface area contributed by atoms with E-state index in [4.69, 9.17) is 5.21 Å². The van der Waals surface area contributed by atoms with Crippen molar-refractivity contribution in [1.82, 2.24) is 15.0 Å². The Balaban J connectivity index is 1.71. The predicted octanol–water partition coefficient (Wildman–Crippen LogP) is 5.50. The van der Waals surface area contributed by atoms with Crippen LogP contribution in [0.1, 0.15) is 18.2 Å². The van der Waals surface area contributed by atoms with Crippen LogP contribution in [-0.4, -0.2) is 27.3 Å². The molecule has 0 aliphatic rings. The monoisotopic (exact) mass is 378 g/mol. The maximum atomic E-state index is 9.11. The molecule has 0 saturated heterocycles. The van der Waals surface area contributed by atoms with Crippen LogP contribution in [0.4, 0.5) is 10.9 Å². The molecule has 0 bridgehead atoms. The number of nitrogens with one attached hydrogen (secondary N) is 1. The first kappa shape index (κ1) is 18.8. The van der Waals surface area contributed by atoms with Crippen molar-refractivity contribution >= 4 is 27.9 Å². The Labute approximate surface area is 163 Å². The van der Waals surface area contributed by atoms with E-state index >= 15 is 0 Å². The van der Waals surface area contributed by atoms with Gasteiger partial charge in [-0.25, -0.2) is 9.97 Å². The summed E-state index contributed by atoms with van der Waals surface area (Å²) >= 11 is 1.56. The fourth-order valence-electron chi connectivity index (χ4n) is 2.50. The van der Waals surface area contributed by atoms with Crippen molar-refractivity contribution in [2.75, 3.05) is 12.4 Å². The number of allylic oxidation sites excluding steroid dienone is 3. The largest absolute Gasteiger partial charge is 0.316 e. The van der Waals surface area contributed by atoms with E-state index < -0.39 is 0 Å². The van der Waals surface area contributed by atoms with Crippen LogP contribution in [0, 0.1) is 6.92 Å². The van der Waals surface area contributed by atoms with Crippen LogP contribution >= 0.6 is 11.3 Å². The molecule has 2 N–H and O–H groups in total. The molecule has 0 saturated carbocycles. The standard InChI is InChI=1S/C21H22N4OS/c1-15(6-5-13-25(3)26)17-9-11-18(12-10-17)19-14-27-21(23-19)24-20-8-4-7-16(2)22-20/h4-14,26H,1-3H3,(H,22,23,24). The van der Waals surface area contributed by atoms with Crippen LogP contribution in [0.25, 0.3) is 16.8 Å². The molecular formula is C21H22N4OS. The zero-order valence-corrected chi connectivity index (χ0v) is 16.4. The number of aryl methyl sites for hydroxylation is 1. The molecule has 138 valence electrons. The summed E-state index contributed by atoms with van der Waals surface area (Å²) in [6.07, 6.45) is 5.35. The molecule has 5 nitrogen and oxygen atoms in total. The van der Waals surface area contributed by atoms with Gasteiger partial charge in [0, 0.05) is 29.9 Å². The van der Waals surface area contributed by atoms with E-state index in [2.05, 4.69) is 39.6 Å². The second kappa shape index (κ2) is 8.62. The van der Waals surface area contributed by atoms with E-state index in [0.717, 1.165) is 44.1 Å². The summed E-state index contributed by atoms with van der Waals surface area (Å²) in [6, 6.07) is 14.2. The number of hydrogen-bond acceptors (Lipinski definition) is 6. The van der Waals surface area contributed by atoms with Crippen LogP contribution in [0.5, 0.6) is 0 Å². The molecule has 0 fully saturated rings. The minimum atomic E-state index is 0.800. The molecule has 0 spiro atoms. The van der Waals surface area contributed by atoms with Crippen LogP contribution in [0.3, 0.4) is 0 Å². The molecule has 2 heterocycles. The number of rotatable bonds is 6. The van der Waals surface area contributed by atoms with E-state index in [0.29, 0.717) is 0 Å². The van der Waals surface area contributed by atoms with Crippen molar-refractivity contribution in [1.29, 1.82) is 0 Å². The van der Waals surface area contributed by atoms with Crippen LogP contribution in [0.2, 0.25) is 0 Å². The second-order valence-electron chi connectivity index (χ2n) is 6.17. The predicted molar refractivity (Wildman–Crippen MR) is 112 cm³/mol. The summed E-state index contributed by atoms with van der Waals surface area (Å²) in [7, 11) is 1.57. The van der Waals surface area contributed by atoms with Gasteiger partial charge in [-0.1, -0.05) is 36.4 Å². The minimum absolute atomic E-state index is 0.800. The number of hydroxylamine groups is 2. The Morgan fingerprint density at radius 3 is 2.63 bits per heavy atom. The topological polar surface area (TPSA) is 61.3 Å². The smallest absolute Gasteiger partial charge is 0.188 e. The average Bonchev–Trinajstić information content (AvgIpc) is 3.10. The Hall–Kier alpha value is -2.96. The van der Waals surface area contributed by atoms with Gasteiger partial charge in [-0.05, 0) is 43.2 Å². The van der Waals surface area contributed by atoms with Gasteiger partial charge in [0.15, 0.2) is 5.13 Å².